The maximum atomic E-state index is 10.8. The van der Waals surface area contributed by atoms with E-state index in [-0.39, 0.29) is 6.10 Å². The first kappa shape index (κ1) is 8.99. The summed E-state index contributed by atoms with van der Waals surface area (Å²) in [5.74, 6) is 1.26. The van der Waals surface area contributed by atoms with Crippen molar-refractivity contribution < 1.29 is 9.53 Å². The number of ether oxygens (including phenoxy) is 1. The van der Waals surface area contributed by atoms with Gasteiger partial charge >= 0.3 is 0 Å². The molecule has 0 radical (unpaired) electrons. The molecule has 0 spiro atoms. The van der Waals surface area contributed by atoms with Crippen LogP contribution in [0.2, 0.25) is 0 Å². The van der Waals surface area contributed by atoms with Gasteiger partial charge in [-0.25, -0.2) is 4.98 Å². The Morgan fingerprint density at radius 2 is 2.43 bits per heavy atom. The normalized spacial score (nSPS) is 14.9. The quantitative estimate of drug-likeness (QED) is 0.734. The number of nitrogens with one attached hydrogen (secondary N) is 1. The molecule has 0 aromatic carbocycles. The van der Waals surface area contributed by atoms with Gasteiger partial charge in [0.15, 0.2) is 6.29 Å². The second-order valence-corrected chi connectivity index (χ2v) is 3.29. The van der Waals surface area contributed by atoms with Gasteiger partial charge in [-0.15, -0.1) is 0 Å². The van der Waals surface area contributed by atoms with E-state index in [2.05, 4.69) is 10.3 Å². The van der Waals surface area contributed by atoms with E-state index in [0.29, 0.717) is 17.1 Å². The fraction of sp³-hybridized carbons (Fsp3) is 0.400. The Morgan fingerprint density at radius 3 is 3.00 bits per heavy atom. The predicted octanol–water partition coefficient (Wildman–Crippen LogP) is 1.48. The molecular weight excluding hydrogens is 180 g/mol. The standard InChI is InChI=1S/C10H12N2O2/c1-11-10-4-7(6-13)9(5-12-10)14-8-2-3-8/h4-6,8H,2-3H2,1H3,(H,11,12). The van der Waals surface area contributed by atoms with E-state index in [1.807, 2.05) is 0 Å². The molecule has 0 atom stereocenters. The Morgan fingerprint density at radius 1 is 1.64 bits per heavy atom. The van der Waals surface area contributed by atoms with Crippen molar-refractivity contribution in [2.45, 2.75) is 18.9 Å². The molecule has 4 nitrogen and oxygen atoms in total. The molecule has 1 aromatic heterocycles. The number of aldehydes is 1. The first-order chi connectivity index (χ1) is 6.83. The topological polar surface area (TPSA) is 51.2 Å². The molecule has 1 heterocycles. The highest BCUT2D eigenvalue weighted by molar-refractivity contribution is 5.80. The van der Waals surface area contributed by atoms with E-state index in [1.54, 1.807) is 19.3 Å². The van der Waals surface area contributed by atoms with Gasteiger partial charge in [0.05, 0.1) is 17.9 Å². The summed E-state index contributed by atoms with van der Waals surface area (Å²) in [6, 6.07) is 1.69. The van der Waals surface area contributed by atoms with Gasteiger partial charge in [0.25, 0.3) is 0 Å². The molecule has 4 heteroatoms. The number of rotatable bonds is 4. The van der Waals surface area contributed by atoms with E-state index >= 15 is 0 Å². The molecule has 14 heavy (non-hydrogen) atoms. The molecule has 0 unspecified atom stereocenters. The average Bonchev–Trinajstić information content (AvgIpc) is 3.02. The molecule has 0 aliphatic heterocycles. The zero-order valence-electron chi connectivity index (χ0n) is 7.99. The van der Waals surface area contributed by atoms with Crippen LogP contribution >= 0.6 is 0 Å². The fourth-order valence-corrected chi connectivity index (χ4v) is 1.15. The summed E-state index contributed by atoms with van der Waals surface area (Å²) in [6.07, 6.45) is 4.82. The molecule has 1 aliphatic rings. The monoisotopic (exact) mass is 192 g/mol. The van der Waals surface area contributed by atoms with Crippen LogP contribution in [0.25, 0.3) is 0 Å². The number of nitrogens with zero attached hydrogens (tertiary/aromatic N) is 1. The second kappa shape index (κ2) is 3.65. The van der Waals surface area contributed by atoms with E-state index in [0.717, 1.165) is 19.1 Å². The highest BCUT2D eigenvalue weighted by Gasteiger charge is 2.24. The highest BCUT2D eigenvalue weighted by atomic mass is 16.5. The van der Waals surface area contributed by atoms with Crippen LogP contribution in [0.5, 0.6) is 5.75 Å². The van der Waals surface area contributed by atoms with Gasteiger partial charge in [-0.2, -0.15) is 0 Å². The summed E-state index contributed by atoms with van der Waals surface area (Å²) >= 11 is 0. The molecule has 0 saturated heterocycles. The Hall–Kier alpha value is -1.58. The number of carbonyl (C=O) groups is 1. The van der Waals surface area contributed by atoms with Crippen LogP contribution in [-0.4, -0.2) is 24.4 Å². The van der Waals surface area contributed by atoms with Crippen molar-refractivity contribution >= 4 is 12.1 Å². The van der Waals surface area contributed by atoms with Gasteiger partial charge in [0.1, 0.15) is 11.6 Å². The molecular formula is C10H12N2O2. The zero-order valence-corrected chi connectivity index (χ0v) is 7.99. The van der Waals surface area contributed by atoms with Crippen molar-refractivity contribution in [1.82, 2.24) is 4.98 Å². The van der Waals surface area contributed by atoms with Crippen molar-refractivity contribution in [2.75, 3.05) is 12.4 Å². The Kier molecular flexibility index (Phi) is 2.35. The van der Waals surface area contributed by atoms with Crippen molar-refractivity contribution in [3.8, 4) is 5.75 Å². The Bertz CT molecular complexity index is 348. The molecule has 0 amide bonds. The van der Waals surface area contributed by atoms with Gasteiger partial charge in [-0.05, 0) is 18.9 Å². The lowest BCUT2D eigenvalue weighted by atomic mass is 10.2. The molecule has 74 valence electrons. The van der Waals surface area contributed by atoms with Gasteiger partial charge in [-0.3, -0.25) is 4.79 Å². The van der Waals surface area contributed by atoms with Crippen LogP contribution in [0.3, 0.4) is 0 Å². The minimum Gasteiger partial charge on any atom is -0.488 e. The summed E-state index contributed by atoms with van der Waals surface area (Å²) in [5, 5.41) is 2.87. The number of hydrogen-bond donors (Lipinski definition) is 1. The number of carbonyl (C=O) groups excluding carboxylic acids is 1. The average molecular weight is 192 g/mol. The summed E-state index contributed by atoms with van der Waals surface area (Å²) in [5.41, 5.74) is 0.552. The lowest BCUT2D eigenvalue weighted by Crippen LogP contribution is -2.01. The SMILES string of the molecule is CNc1cc(C=O)c(OC2CC2)cn1. The maximum absolute atomic E-state index is 10.8. The first-order valence-corrected chi connectivity index (χ1v) is 4.63. The molecule has 1 fully saturated rings. The van der Waals surface area contributed by atoms with Gasteiger partial charge < -0.3 is 10.1 Å². The molecule has 2 rings (SSSR count). The van der Waals surface area contributed by atoms with Crippen molar-refractivity contribution in [3.63, 3.8) is 0 Å². The predicted molar refractivity (Wildman–Crippen MR) is 52.8 cm³/mol. The van der Waals surface area contributed by atoms with Crippen LogP contribution in [0.4, 0.5) is 5.82 Å². The molecule has 1 N–H and O–H groups in total. The van der Waals surface area contributed by atoms with Gasteiger partial charge in [-0.1, -0.05) is 0 Å². The third kappa shape index (κ3) is 1.84. The number of aromatic nitrogens is 1. The molecule has 1 aliphatic carbocycles. The van der Waals surface area contributed by atoms with E-state index in [4.69, 9.17) is 4.74 Å². The highest BCUT2D eigenvalue weighted by Crippen LogP contribution is 2.28. The lowest BCUT2D eigenvalue weighted by molar-refractivity contribution is 0.111. The van der Waals surface area contributed by atoms with Crippen LogP contribution < -0.4 is 10.1 Å². The minimum atomic E-state index is 0.288. The smallest absolute Gasteiger partial charge is 0.153 e. The largest absolute Gasteiger partial charge is 0.488 e. The summed E-state index contributed by atoms with van der Waals surface area (Å²) in [4.78, 5) is 14.9. The second-order valence-electron chi connectivity index (χ2n) is 3.29. The van der Waals surface area contributed by atoms with Crippen LogP contribution in [0, 0.1) is 0 Å². The zero-order chi connectivity index (χ0) is 9.97. The van der Waals surface area contributed by atoms with E-state index in [1.165, 1.54) is 0 Å². The first-order valence-electron chi connectivity index (χ1n) is 4.63. The Balaban J connectivity index is 2.23. The van der Waals surface area contributed by atoms with Crippen molar-refractivity contribution in [2.24, 2.45) is 0 Å². The summed E-state index contributed by atoms with van der Waals surface area (Å²) in [6.45, 7) is 0. The number of pyridine rings is 1. The van der Waals surface area contributed by atoms with Gasteiger partial charge in [0.2, 0.25) is 0 Å². The molecule has 0 bridgehead atoms. The van der Waals surface area contributed by atoms with Crippen molar-refractivity contribution in [3.05, 3.63) is 17.8 Å². The number of anilines is 1. The fourth-order valence-electron chi connectivity index (χ4n) is 1.15. The van der Waals surface area contributed by atoms with Crippen LogP contribution in [0.15, 0.2) is 12.3 Å². The lowest BCUT2D eigenvalue weighted by Gasteiger charge is -2.07. The summed E-state index contributed by atoms with van der Waals surface area (Å²) in [7, 11) is 1.76. The van der Waals surface area contributed by atoms with E-state index < -0.39 is 0 Å². The molecule has 1 saturated carbocycles. The van der Waals surface area contributed by atoms with Gasteiger partial charge in [0, 0.05) is 7.05 Å². The molecule has 1 aromatic rings. The number of hydrogen-bond acceptors (Lipinski definition) is 4. The third-order valence-corrected chi connectivity index (χ3v) is 2.10. The summed E-state index contributed by atoms with van der Waals surface area (Å²) < 4.78 is 5.53. The third-order valence-electron chi connectivity index (χ3n) is 2.10. The minimum absolute atomic E-state index is 0.288. The Labute approximate surface area is 82.3 Å². The van der Waals surface area contributed by atoms with Crippen LogP contribution in [-0.2, 0) is 0 Å². The van der Waals surface area contributed by atoms with E-state index in [9.17, 15) is 4.79 Å². The van der Waals surface area contributed by atoms with Crippen molar-refractivity contribution in [1.29, 1.82) is 0 Å². The maximum Gasteiger partial charge on any atom is 0.153 e. The van der Waals surface area contributed by atoms with Crippen LogP contribution in [0.1, 0.15) is 23.2 Å².